The van der Waals surface area contributed by atoms with E-state index in [9.17, 15) is 14.4 Å². The molecule has 34 heavy (non-hydrogen) atoms. The second-order valence-corrected chi connectivity index (χ2v) is 9.80. The van der Waals surface area contributed by atoms with Crippen molar-refractivity contribution in [3.05, 3.63) is 29.8 Å². The number of benzene rings is 1. The van der Waals surface area contributed by atoms with E-state index in [-0.39, 0.29) is 29.8 Å². The molecule has 3 aliphatic heterocycles. The third-order valence-corrected chi connectivity index (χ3v) is 7.04. The lowest BCUT2D eigenvalue weighted by atomic mass is 10.1. The molecule has 0 spiro atoms. The fraction of sp³-hybridized carbons (Fsp3) is 0.640. The van der Waals surface area contributed by atoms with E-state index in [1.807, 2.05) is 12.1 Å². The number of nitrogens with one attached hydrogen (secondary N) is 1. The Labute approximate surface area is 201 Å². The van der Waals surface area contributed by atoms with Crippen LogP contribution in [0.5, 0.6) is 5.75 Å². The fourth-order valence-corrected chi connectivity index (χ4v) is 5.15. The summed E-state index contributed by atoms with van der Waals surface area (Å²) < 4.78 is 6.01. The van der Waals surface area contributed by atoms with Crippen molar-refractivity contribution < 1.29 is 19.1 Å². The number of nitrogens with zero attached hydrogens (tertiary/aromatic N) is 3. The summed E-state index contributed by atoms with van der Waals surface area (Å²) in [5.41, 5.74) is 6.81. The Balaban J connectivity index is 1.51. The molecule has 3 heterocycles. The van der Waals surface area contributed by atoms with Crippen molar-refractivity contribution in [2.75, 3.05) is 46.4 Å². The molecule has 1 aromatic carbocycles. The van der Waals surface area contributed by atoms with Crippen LogP contribution in [0.4, 0.5) is 0 Å². The van der Waals surface area contributed by atoms with Gasteiger partial charge in [-0.15, -0.1) is 0 Å². The molecule has 9 heteroatoms. The molecule has 9 nitrogen and oxygen atoms in total. The topological polar surface area (TPSA) is 108 Å². The first-order valence-corrected chi connectivity index (χ1v) is 12.5. The summed E-state index contributed by atoms with van der Waals surface area (Å²) in [5.74, 6) is 0.330. The molecule has 1 aromatic rings. The Morgan fingerprint density at radius 1 is 1.15 bits per heavy atom. The molecule has 0 aliphatic carbocycles. The molecule has 3 aliphatic rings. The molecule has 3 N–H and O–H groups in total. The highest BCUT2D eigenvalue weighted by atomic mass is 16.5. The molecule has 0 radical (unpaired) electrons. The Hall–Kier alpha value is -2.65. The van der Waals surface area contributed by atoms with Gasteiger partial charge < -0.3 is 25.6 Å². The van der Waals surface area contributed by atoms with Crippen LogP contribution in [0.2, 0.25) is 0 Å². The minimum absolute atomic E-state index is 0.0589. The predicted molar refractivity (Wildman–Crippen MR) is 128 cm³/mol. The van der Waals surface area contributed by atoms with Gasteiger partial charge in [0.2, 0.25) is 11.8 Å². The number of hydrogen-bond donors (Lipinski definition) is 2. The number of likely N-dealkylation sites (tertiary alicyclic amines) is 1. The van der Waals surface area contributed by atoms with Crippen molar-refractivity contribution in [3.63, 3.8) is 0 Å². The maximum absolute atomic E-state index is 13.6. The highest BCUT2D eigenvalue weighted by molar-refractivity contribution is 5.94. The Bertz CT molecular complexity index is 888. The number of rotatable bonds is 3. The lowest BCUT2D eigenvalue weighted by Gasteiger charge is -2.29. The van der Waals surface area contributed by atoms with Crippen LogP contribution >= 0.6 is 0 Å². The van der Waals surface area contributed by atoms with Crippen LogP contribution in [0.25, 0.3) is 0 Å². The predicted octanol–water partition coefficient (Wildman–Crippen LogP) is 0.830. The van der Waals surface area contributed by atoms with Gasteiger partial charge in [-0.05, 0) is 69.8 Å². The average molecular weight is 472 g/mol. The van der Waals surface area contributed by atoms with Crippen LogP contribution in [0, 0.1) is 0 Å². The third kappa shape index (κ3) is 6.07. The number of carbonyl (C=O) groups is 3. The summed E-state index contributed by atoms with van der Waals surface area (Å²) in [7, 11) is 1.78. The van der Waals surface area contributed by atoms with Crippen LogP contribution < -0.4 is 15.8 Å². The monoisotopic (exact) mass is 471 g/mol. The van der Waals surface area contributed by atoms with Gasteiger partial charge in [-0.2, -0.15) is 0 Å². The van der Waals surface area contributed by atoms with Gasteiger partial charge in [0.15, 0.2) is 0 Å². The number of ether oxygens (including phenoxy) is 1. The molecular formula is C25H37N5O4. The summed E-state index contributed by atoms with van der Waals surface area (Å²) in [5, 5.41) is 3.01. The standard InChI is InChI=1S/C25H37N5O4/c1-28-10-3-2-9-22(27-23(31)16-29-11-4-5-12-29)25(33)30-15-19(26)14-20(30)17-34-21-8-6-7-18(13-21)24(28)32/h6-8,13,19-20,22H,2-5,9-12,14-17,26H2,1H3,(H,27,31)/t19-,20-,22-/m0/s1. The van der Waals surface area contributed by atoms with E-state index < -0.39 is 6.04 Å². The molecule has 4 rings (SSSR count). The van der Waals surface area contributed by atoms with Gasteiger partial charge >= 0.3 is 0 Å². The number of nitrogens with two attached hydrogens (primary N) is 1. The Morgan fingerprint density at radius 2 is 1.91 bits per heavy atom. The van der Waals surface area contributed by atoms with Gasteiger partial charge in [0.05, 0.1) is 12.6 Å². The third-order valence-electron chi connectivity index (χ3n) is 7.04. The van der Waals surface area contributed by atoms with E-state index in [4.69, 9.17) is 10.5 Å². The van der Waals surface area contributed by atoms with E-state index >= 15 is 0 Å². The van der Waals surface area contributed by atoms with Crippen LogP contribution in [-0.2, 0) is 9.59 Å². The normalized spacial score (nSPS) is 27.1. The fourth-order valence-electron chi connectivity index (χ4n) is 5.15. The smallest absolute Gasteiger partial charge is 0.253 e. The minimum atomic E-state index is -0.602. The summed E-state index contributed by atoms with van der Waals surface area (Å²) in [4.78, 5) is 44.8. The summed E-state index contributed by atoms with van der Waals surface area (Å²) in [6.45, 7) is 3.49. The van der Waals surface area contributed by atoms with Crippen molar-refractivity contribution in [1.82, 2.24) is 20.0 Å². The number of amides is 3. The van der Waals surface area contributed by atoms with Crippen molar-refractivity contribution in [2.24, 2.45) is 5.73 Å². The van der Waals surface area contributed by atoms with Crippen LogP contribution in [0.15, 0.2) is 24.3 Å². The maximum atomic E-state index is 13.6. The zero-order chi connectivity index (χ0) is 24.1. The lowest BCUT2D eigenvalue weighted by molar-refractivity contribution is -0.138. The summed E-state index contributed by atoms with van der Waals surface area (Å²) >= 11 is 0. The van der Waals surface area contributed by atoms with Crippen molar-refractivity contribution in [2.45, 2.75) is 56.7 Å². The first kappa shape index (κ1) is 24.5. The number of fused-ring (bicyclic) bond motifs is 3. The molecule has 0 aromatic heterocycles. The average Bonchev–Trinajstić information content (AvgIpc) is 3.47. The van der Waals surface area contributed by atoms with Crippen molar-refractivity contribution in [1.29, 1.82) is 0 Å². The largest absolute Gasteiger partial charge is 0.491 e. The zero-order valence-corrected chi connectivity index (χ0v) is 20.1. The summed E-state index contributed by atoms with van der Waals surface area (Å²) in [6, 6.07) is 6.26. The molecule has 0 unspecified atom stereocenters. The van der Waals surface area contributed by atoms with Gasteiger partial charge in [0.25, 0.3) is 5.91 Å². The second kappa shape index (κ2) is 11.2. The van der Waals surface area contributed by atoms with E-state index in [2.05, 4.69) is 10.2 Å². The number of carbonyl (C=O) groups excluding carboxylic acids is 3. The molecule has 0 saturated carbocycles. The van der Waals surface area contributed by atoms with Gasteiger partial charge in [0.1, 0.15) is 18.4 Å². The second-order valence-electron chi connectivity index (χ2n) is 9.80. The highest BCUT2D eigenvalue weighted by Crippen LogP contribution is 2.22. The molecule has 3 amide bonds. The highest BCUT2D eigenvalue weighted by Gasteiger charge is 2.37. The maximum Gasteiger partial charge on any atom is 0.253 e. The summed E-state index contributed by atoms with van der Waals surface area (Å²) in [6.07, 6.45) is 4.85. The van der Waals surface area contributed by atoms with Crippen LogP contribution in [0.3, 0.4) is 0 Å². The first-order chi connectivity index (χ1) is 16.4. The molecule has 2 saturated heterocycles. The Kier molecular flexibility index (Phi) is 8.05. The van der Waals surface area contributed by atoms with E-state index in [1.165, 1.54) is 0 Å². The molecule has 2 fully saturated rings. The molecule has 2 bridgehead atoms. The van der Waals surface area contributed by atoms with Crippen molar-refractivity contribution in [3.8, 4) is 5.75 Å². The van der Waals surface area contributed by atoms with Gasteiger partial charge in [-0.3, -0.25) is 19.3 Å². The Morgan fingerprint density at radius 3 is 2.71 bits per heavy atom. The van der Waals surface area contributed by atoms with E-state index in [1.54, 1.807) is 29.0 Å². The number of hydrogen-bond acceptors (Lipinski definition) is 6. The van der Waals surface area contributed by atoms with Gasteiger partial charge in [-0.1, -0.05) is 6.07 Å². The van der Waals surface area contributed by atoms with Crippen molar-refractivity contribution >= 4 is 17.7 Å². The molecule has 3 atom stereocenters. The van der Waals surface area contributed by atoms with Gasteiger partial charge in [-0.25, -0.2) is 0 Å². The van der Waals surface area contributed by atoms with E-state index in [0.29, 0.717) is 50.4 Å². The molecule has 186 valence electrons. The first-order valence-electron chi connectivity index (χ1n) is 12.5. The quantitative estimate of drug-likeness (QED) is 0.676. The van der Waals surface area contributed by atoms with Crippen LogP contribution in [0.1, 0.15) is 48.9 Å². The minimum Gasteiger partial charge on any atom is -0.491 e. The van der Waals surface area contributed by atoms with Crippen LogP contribution in [-0.4, -0.2) is 96.9 Å². The molecular weight excluding hydrogens is 434 g/mol. The zero-order valence-electron chi connectivity index (χ0n) is 20.1. The van der Waals surface area contributed by atoms with E-state index in [0.717, 1.165) is 38.8 Å². The van der Waals surface area contributed by atoms with Gasteiger partial charge in [0, 0.05) is 31.7 Å². The SMILES string of the molecule is CN1CCCC[C@H](NC(=O)CN2CCCC2)C(=O)N2C[C@@H](N)C[C@H]2COc2cccc(c2)C1=O. The lowest BCUT2D eigenvalue weighted by Crippen LogP contribution is -2.52.